The molecule has 0 saturated heterocycles. The van der Waals surface area contributed by atoms with Gasteiger partial charge in [-0.2, -0.15) is 4.31 Å². The molecule has 0 radical (unpaired) electrons. The van der Waals surface area contributed by atoms with Crippen LogP contribution in [0.5, 0.6) is 0 Å². The van der Waals surface area contributed by atoms with Crippen molar-refractivity contribution >= 4 is 22.0 Å². The normalized spacial score (nSPS) is 16.1. The SMILES string of the molecule is CCOC(=O)C1(N(CC)S(=O)(=O)c2cccc(C(=O)O)c2)CC1. The Bertz CT molecular complexity index is 723. The number of rotatable bonds is 7. The molecule has 0 unspecified atom stereocenters. The second-order valence-corrected chi connectivity index (χ2v) is 7.12. The van der Waals surface area contributed by atoms with Crippen molar-refractivity contribution in [1.82, 2.24) is 4.31 Å². The van der Waals surface area contributed by atoms with E-state index in [1.165, 1.54) is 18.2 Å². The highest BCUT2D eigenvalue weighted by atomic mass is 32.2. The van der Waals surface area contributed by atoms with E-state index in [2.05, 4.69) is 0 Å². The van der Waals surface area contributed by atoms with E-state index in [0.717, 1.165) is 10.4 Å². The number of hydrogen-bond acceptors (Lipinski definition) is 5. The zero-order valence-electron chi connectivity index (χ0n) is 13.0. The number of carboxylic acid groups (broad SMARTS) is 1. The van der Waals surface area contributed by atoms with E-state index in [4.69, 9.17) is 9.84 Å². The number of sulfonamides is 1. The van der Waals surface area contributed by atoms with Gasteiger partial charge in [0, 0.05) is 6.54 Å². The molecule has 1 fully saturated rings. The highest BCUT2D eigenvalue weighted by Gasteiger charge is 2.59. The van der Waals surface area contributed by atoms with Crippen LogP contribution in [0.2, 0.25) is 0 Å². The van der Waals surface area contributed by atoms with Crippen molar-refractivity contribution in [3.05, 3.63) is 29.8 Å². The first kappa shape index (κ1) is 17.4. The van der Waals surface area contributed by atoms with Crippen LogP contribution in [-0.2, 0) is 19.6 Å². The van der Waals surface area contributed by atoms with Gasteiger partial charge in [-0.3, -0.25) is 4.79 Å². The van der Waals surface area contributed by atoms with Gasteiger partial charge >= 0.3 is 11.9 Å². The monoisotopic (exact) mass is 341 g/mol. The second-order valence-electron chi connectivity index (χ2n) is 5.25. The van der Waals surface area contributed by atoms with Gasteiger partial charge < -0.3 is 9.84 Å². The van der Waals surface area contributed by atoms with Crippen molar-refractivity contribution < 1.29 is 27.9 Å². The lowest BCUT2D eigenvalue weighted by Gasteiger charge is -2.28. The molecule has 1 saturated carbocycles. The molecule has 8 heteroatoms. The third-order valence-corrected chi connectivity index (χ3v) is 5.85. The Labute approximate surface area is 134 Å². The van der Waals surface area contributed by atoms with E-state index in [-0.39, 0.29) is 23.6 Å². The molecule has 1 aromatic rings. The van der Waals surface area contributed by atoms with Crippen LogP contribution in [0.4, 0.5) is 0 Å². The van der Waals surface area contributed by atoms with Crippen molar-refractivity contribution in [2.75, 3.05) is 13.2 Å². The van der Waals surface area contributed by atoms with Crippen molar-refractivity contribution in [2.45, 2.75) is 37.1 Å². The summed E-state index contributed by atoms with van der Waals surface area (Å²) in [5.41, 5.74) is -1.29. The van der Waals surface area contributed by atoms with Gasteiger partial charge in [0.2, 0.25) is 10.0 Å². The van der Waals surface area contributed by atoms with Gasteiger partial charge in [0.15, 0.2) is 0 Å². The Morgan fingerprint density at radius 2 is 1.96 bits per heavy atom. The van der Waals surface area contributed by atoms with E-state index in [1.54, 1.807) is 13.8 Å². The average molecular weight is 341 g/mol. The van der Waals surface area contributed by atoms with E-state index in [9.17, 15) is 18.0 Å². The van der Waals surface area contributed by atoms with Crippen molar-refractivity contribution in [1.29, 1.82) is 0 Å². The van der Waals surface area contributed by atoms with Crippen LogP contribution in [0.1, 0.15) is 37.0 Å². The first-order valence-electron chi connectivity index (χ1n) is 7.33. The molecule has 1 aliphatic rings. The van der Waals surface area contributed by atoms with E-state index in [0.29, 0.717) is 12.8 Å². The van der Waals surface area contributed by atoms with Gasteiger partial charge in [-0.1, -0.05) is 13.0 Å². The van der Waals surface area contributed by atoms with E-state index < -0.39 is 27.5 Å². The maximum absolute atomic E-state index is 12.9. The molecule has 0 atom stereocenters. The Morgan fingerprint density at radius 1 is 1.30 bits per heavy atom. The summed E-state index contributed by atoms with van der Waals surface area (Å²) < 4.78 is 31.8. The van der Waals surface area contributed by atoms with Gasteiger partial charge in [-0.15, -0.1) is 0 Å². The second kappa shape index (κ2) is 6.29. The molecule has 23 heavy (non-hydrogen) atoms. The molecule has 1 aromatic carbocycles. The molecular formula is C15H19NO6S. The molecule has 0 heterocycles. The predicted octanol–water partition coefficient (Wildman–Crippen LogP) is 1.49. The summed E-state index contributed by atoms with van der Waals surface area (Å²) in [7, 11) is -4.00. The predicted molar refractivity (Wildman–Crippen MR) is 81.6 cm³/mol. The topological polar surface area (TPSA) is 101 Å². The smallest absolute Gasteiger partial charge is 0.335 e. The van der Waals surface area contributed by atoms with Crippen LogP contribution in [-0.4, -0.2) is 48.5 Å². The van der Waals surface area contributed by atoms with Gasteiger partial charge in [0.1, 0.15) is 5.54 Å². The third-order valence-electron chi connectivity index (χ3n) is 3.81. The summed E-state index contributed by atoms with van der Waals surface area (Å²) in [5.74, 6) is -1.77. The number of carbonyl (C=O) groups is 2. The molecule has 0 spiro atoms. The van der Waals surface area contributed by atoms with E-state index >= 15 is 0 Å². The van der Waals surface area contributed by atoms with Crippen LogP contribution in [0.3, 0.4) is 0 Å². The molecule has 0 aromatic heterocycles. The summed E-state index contributed by atoms with van der Waals surface area (Å²) in [4.78, 5) is 23.1. The quantitative estimate of drug-likeness (QED) is 0.754. The minimum Gasteiger partial charge on any atom is -0.478 e. The van der Waals surface area contributed by atoms with Crippen molar-refractivity contribution in [3.8, 4) is 0 Å². The number of nitrogens with zero attached hydrogens (tertiary/aromatic N) is 1. The maximum Gasteiger partial charge on any atom is 0.335 e. The Hall–Kier alpha value is -1.93. The molecular weight excluding hydrogens is 322 g/mol. The zero-order chi connectivity index (χ0) is 17.3. The van der Waals surface area contributed by atoms with Crippen LogP contribution >= 0.6 is 0 Å². The molecule has 1 aliphatic carbocycles. The van der Waals surface area contributed by atoms with Crippen LogP contribution in [0.15, 0.2) is 29.2 Å². The molecule has 0 aliphatic heterocycles. The summed E-state index contributed by atoms with van der Waals surface area (Å²) in [6, 6.07) is 5.11. The zero-order valence-corrected chi connectivity index (χ0v) is 13.8. The number of aromatic carboxylic acids is 1. The first-order chi connectivity index (χ1) is 10.8. The summed E-state index contributed by atoms with van der Waals surface area (Å²) in [6.07, 6.45) is 0.801. The van der Waals surface area contributed by atoms with Crippen molar-refractivity contribution in [2.24, 2.45) is 0 Å². The van der Waals surface area contributed by atoms with Gasteiger partial charge in [-0.25, -0.2) is 13.2 Å². The lowest BCUT2D eigenvalue weighted by Crippen LogP contribution is -2.47. The van der Waals surface area contributed by atoms with Gasteiger partial charge in [0.05, 0.1) is 17.1 Å². The number of carbonyl (C=O) groups excluding carboxylic acids is 1. The number of esters is 1. The molecule has 1 N–H and O–H groups in total. The lowest BCUT2D eigenvalue weighted by molar-refractivity contribution is -0.149. The number of benzene rings is 1. The Morgan fingerprint density at radius 3 is 2.43 bits per heavy atom. The van der Waals surface area contributed by atoms with Crippen LogP contribution in [0, 0.1) is 0 Å². The largest absolute Gasteiger partial charge is 0.478 e. The van der Waals surface area contributed by atoms with Crippen molar-refractivity contribution in [3.63, 3.8) is 0 Å². The standard InChI is InChI=1S/C15H19NO6S/c1-3-16(15(8-9-15)14(19)22-4-2)23(20,21)12-7-5-6-11(10-12)13(17)18/h5-7,10H,3-4,8-9H2,1-2H3,(H,17,18). The highest BCUT2D eigenvalue weighted by Crippen LogP contribution is 2.45. The molecule has 0 bridgehead atoms. The van der Waals surface area contributed by atoms with Crippen LogP contribution in [0.25, 0.3) is 0 Å². The highest BCUT2D eigenvalue weighted by molar-refractivity contribution is 7.89. The Balaban J connectivity index is 2.43. The molecule has 7 nitrogen and oxygen atoms in total. The lowest BCUT2D eigenvalue weighted by atomic mass is 10.2. The Kier molecular flexibility index (Phi) is 4.76. The summed E-state index contributed by atoms with van der Waals surface area (Å²) >= 11 is 0. The fraction of sp³-hybridized carbons (Fsp3) is 0.467. The summed E-state index contributed by atoms with van der Waals surface area (Å²) in [6.45, 7) is 3.57. The summed E-state index contributed by atoms with van der Waals surface area (Å²) in [5, 5.41) is 9.02. The number of likely N-dealkylation sites (N-methyl/N-ethyl adjacent to an activating group) is 1. The van der Waals surface area contributed by atoms with Gasteiger partial charge in [-0.05, 0) is 38.0 Å². The van der Waals surface area contributed by atoms with Gasteiger partial charge in [0.25, 0.3) is 0 Å². The fourth-order valence-corrected chi connectivity index (χ4v) is 4.40. The van der Waals surface area contributed by atoms with E-state index in [1.807, 2.05) is 0 Å². The molecule has 2 rings (SSSR count). The van der Waals surface area contributed by atoms with Crippen LogP contribution < -0.4 is 0 Å². The first-order valence-corrected chi connectivity index (χ1v) is 8.77. The number of hydrogen-bond donors (Lipinski definition) is 1. The molecule has 0 amide bonds. The number of carboxylic acids is 1. The molecule has 126 valence electrons. The number of ether oxygens (including phenoxy) is 1. The minimum absolute atomic E-state index is 0.0957. The average Bonchev–Trinajstić information content (AvgIpc) is 3.29. The maximum atomic E-state index is 12.9. The fourth-order valence-electron chi connectivity index (χ4n) is 2.56. The third kappa shape index (κ3) is 3.09. The minimum atomic E-state index is -4.00.